The maximum absolute atomic E-state index is 13.0. The van der Waals surface area contributed by atoms with Gasteiger partial charge in [-0.3, -0.25) is 14.5 Å². The molecule has 0 saturated carbocycles. The summed E-state index contributed by atoms with van der Waals surface area (Å²) >= 11 is 5.32. The standard InChI is InChI=1S/C20H21FN4OS/c1-14-3-7-16(8-4-14)19-22-23-20(27)25(19)12-11-18(26)24(2)13-15-5-9-17(21)10-6-15/h3-10H,11-13H2,1-2H3,(H,23,27). The molecule has 0 saturated heterocycles. The number of amides is 1. The molecule has 0 aliphatic rings. The van der Waals surface area contributed by atoms with Gasteiger partial charge in [0.1, 0.15) is 5.82 Å². The average Bonchev–Trinajstić information content (AvgIpc) is 3.02. The molecule has 0 fully saturated rings. The number of aryl methyl sites for hydroxylation is 1. The van der Waals surface area contributed by atoms with Gasteiger partial charge < -0.3 is 4.90 Å². The topological polar surface area (TPSA) is 53.9 Å². The number of nitrogens with zero attached hydrogens (tertiary/aromatic N) is 3. The third-order valence-electron chi connectivity index (χ3n) is 4.38. The first kappa shape index (κ1) is 19.0. The summed E-state index contributed by atoms with van der Waals surface area (Å²) in [5, 5.41) is 7.10. The zero-order valence-corrected chi connectivity index (χ0v) is 16.1. The van der Waals surface area contributed by atoms with Gasteiger partial charge in [0.15, 0.2) is 10.6 Å². The molecule has 2 aromatic carbocycles. The van der Waals surface area contributed by atoms with Gasteiger partial charge in [0, 0.05) is 32.1 Å². The molecular formula is C20H21FN4OS. The van der Waals surface area contributed by atoms with E-state index in [0.29, 0.717) is 30.1 Å². The van der Waals surface area contributed by atoms with Gasteiger partial charge in [-0.05, 0) is 36.8 Å². The van der Waals surface area contributed by atoms with Crippen LogP contribution in [0.2, 0.25) is 0 Å². The fraction of sp³-hybridized carbons (Fsp3) is 0.250. The van der Waals surface area contributed by atoms with Crippen molar-refractivity contribution in [3.8, 4) is 11.4 Å². The van der Waals surface area contributed by atoms with Crippen LogP contribution in [0.4, 0.5) is 4.39 Å². The van der Waals surface area contributed by atoms with Crippen LogP contribution in [-0.4, -0.2) is 32.6 Å². The molecule has 7 heteroatoms. The number of hydrogen-bond donors (Lipinski definition) is 1. The van der Waals surface area contributed by atoms with Crippen LogP contribution < -0.4 is 0 Å². The van der Waals surface area contributed by atoms with Crippen molar-refractivity contribution in [2.24, 2.45) is 0 Å². The van der Waals surface area contributed by atoms with Crippen LogP contribution in [0, 0.1) is 17.5 Å². The lowest BCUT2D eigenvalue weighted by molar-refractivity contribution is -0.130. The van der Waals surface area contributed by atoms with Crippen LogP contribution in [0.25, 0.3) is 11.4 Å². The molecule has 1 heterocycles. The number of nitrogens with one attached hydrogen (secondary N) is 1. The Labute approximate surface area is 162 Å². The van der Waals surface area contributed by atoms with Crippen molar-refractivity contribution < 1.29 is 9.18 Å². The number of H-pyrrole nitrogens is 1. The average molecular weight is 384 g/mol. The molecule has 0 radical (unpaired) electrons. The lowest BCUT2D eigenvalue weighted by atomic mass is 10.1. The number of rotatable bonds is 6. The van der Waals surface area contributed by atoms with E-state index in [9.17, 15) is 9.18 Å². The Bertz CT molecular complexity index is 976. The van der Waals surface area contributed by atoms with Crippen molar-refractivity contribution in [3.63, 3.8) is 0 Å². The Morgan fingerprint density at radius 2 is 1.85 bits per heavy atom. The molecular weight excluding hydrogens is 363 g/mol. The summed E-state index contributed by atoms with van der Waals surface area (Å²) in [7, 11) is 1.74. The molecule has 140 valence electrons. The summed E-state index contributed by atoms with van der Waals surface area (Å²) in [4.78, 5) is 14.1. The molecule has 0 bridgehead atoms. The molecule has 0 unspecified atom stereocenters. The van der Waals surface area contributed by atoms with E-state index < -0.39 is 0 Å². The zero-order chi connectivity index (χ0) is 19.4. The van der Waals surface area contributed by atoms with Crippen LogP contribution in [0.5, 0.6) is 0 Å². The Balaban J connectivity index is 1.66. The number of benzene rings is 2. The van der Waals surface area contributed by atoms with Gasteiger partial charge in [0.05, 0.1) is 0 Å². The molecule has 0 aliphatic carbocycles. The minimum Gasteiger partial charge on any atom is -0.341 e. The van der Waals surface area contributed by atoms with E-state index in [-0.39, 0.29) is 11.7 Å². The van der Waals surface area contributed by atoms with Crippen molar-refractivity contribution in [3.05, 3.63) is 70.2 Å². The SMILES string of the molecule is Cc1ccc(-c2n[nH]c(=S)n2CCC(=O)N(C)Cc2ccc(F)cc2)cc1. The Hall–Kier alpha value is -2.80. The molecule has 0 aliphatic heterocycles. The first-order valence-electron chi connectivity index (χ1n) is 8.64. The summed E-state index contributed by atoms with van der Waals surface area (Å²) in [5.74, 6) is 0.414. The van der Waals surface area contributed by atoms with Crippen LogP contribution >= 0.6 is 12.2 Å². The van der Waals surface area contributed by atoms with Gasteiger partial charge in [0.2, 0.25) is 5.91 Å². The lowest BCUT2D eigenvalue weighted by Gasteiger charge is -2.17. The molecule has 0 atom stereocenters. The van der Waals surface area contributed by atoms with E-state index in [1.54, 1.807) is 24.1 Å². The van der Waals surface area contributed by atoms with Gasteiger partial charge >= 0.3 is 0 Å². The molecule has 5 nitrogen and oxygen atoms in total. The van der Waals surface area contributed by atoms with E-state index in [1.165, 1.54) is 12.1 Å². The van der Waals surface area contributed by atoms with Crippen LogP contribution in [0.3, 0.4) is 0 Å². The van der Waals surface area contributed by atoms with Crippen LogP contribution in [0.15, 0.2) is 48.5 Å². The maximum atomic E-state index is 13.0. The molecule has 1 aromatic heterocycles. The third-order valence-corrected chi connectivity index (χ3v) is 4.69. The summed E-state index contributed by atoms with van der Waals surface area (Å²) in [6.07, 6.45) is 0.296. The van der Waals surface area contributed by atoms with Crippen molar-refractivity contribution in [1.29, 1.82) is 0 Å². The largest absolute Gasteiger partial charge is 0.341 e. The lowest BCUT2D eigenvalue weighted by Crippen LogP contribution is -2.27. The summed E-state index contributed by atoms with van der Waals surface area (Å²) in [6.45, 7) is 2.89. The molecule has 1 N–H and O–H groups in total. The molecule has 27 heavy (non-hydrogen) atoms. The van der Waals surface area contributed by atoms with Crippen LogP contribution in [0.1, 0.15) is 17.5 Å². The van der Waals surface area contributed by atoms with E-state index in [0.717, 1.165) is 16.7 Å². The van der Waals surface area contributed by atoms with Gasteiger partial charge in [-0.15, -0.1) is 0 Å². The summed E-state index contributed by atoms with van der Waals surface area (Å²) in [5.41, 5.74) is 2.99. The number of carbonyl (C=O) groups excluding carboxylic acids is 1. The predicted molar refractivity (Wildman–Crippen MR) is 105 cm³/mol. The first-order valence-corrected chi connectivity index (χ1v) is 9.05. The molecule has 0 spiro atoms. The minimum atomic E-state index is -0.286. The van der Waals surface area contributed by atoms with Gasteiger partial charge in [-0.1, -0.05) is 42.0 Å². The predicted octanol–water partition coefficient (Wildman–Crippen LogP) is 4.10. The van der Waals surface area contributed by atoms with Crippen LogP contribution in [-0.2, 0) is 17.9 Å². The van der Waals surface area contributed by atoms with Gasteiger partial charge in [0.25, 0.3) is 0 Å². The highest BCUT2D eigenvalue weighted by atomic mass is 32.1. The van der Waals surface area contributed by atoms with Crippen molar-refractivity contribution in [1.82, 2.24) is 19.7 Å². The van der Waals surface area contributed by atoms with E-state index in [2.05, 4.69) is 10.2 Å². The van der Waals surface area contributed by atoms with Gasteiger partial charge in [-0.25, -0.2) is 4.39 Å². The number of hydrogen-bond acceptors (Lipinski definition) is 3. The minimum absolute atomic E-state index is 0.0164. The number of aromatic nitrogens is 3. The third kappa shape index (κ3) is 4.68. The quantitative estimate of drug-likeness (QED) is 0.651. The fourth-order valence-corrected chi connectivity index (χ4v) is 3.02. The zero-order valence-electron chi connectivity index (χ0n) is 15.3. The second-order valence-electron chi connectivity index (χ2n) is 6.50. The number of halogens is 1. The maximum Gasteiger partial charge on any atom is 0.224 e. The monoisotopic (exact) mass is 384 g/mol. The van der Waals surface area contributed by atoms with E-state index >= 15 is 0 Å². The molecule has 3 rings (SSSR count). The highest BCUT2D eigenvalue weighted by molar-refractivity contribution is 7.71. The number of carbonyl (C=O) groups is 1. The second kappa shape index (κ2) is 8.26. The smallest absolute Gasteiger partial charge is 0.224 e. The van der Waals surface area contributed by atoms with E-state index in [1.807, 2.05) is 35.8 Å². The number of aromatic amines is 1. The first-order chi connectivity index (χ1) is 12.9. The fourth-order valence-electron chi connectivity index (χ4n) is 2.80. The summed E-state index contributed by atoms with van der Waals surface area (Å²) < 4.78 is 15.3. The van der Waals surface area contributed by atoms with E-state index in [4.69, 9.17) is 12.2 Å². The van der Waals surface area contributed by atoms with Gasteiger partial charge in [-0.2, -0.15) is 5.10 Å². The van der Waals surface area contributed by atoms with Crippen molar-refractivity contribution >= 4 is 18.1 Å². The second-order valence-corrected chi connectivity index (χ2v) is 6.88. The normalized spacial score (nSPS) is 10.8. The highest BCUT2D eigenvalue weighted by Gasteiger charge is 2.13. The van der Waals surface area contributed by atoms with Crippen molar-refractivity contribution in [2.75, 3.05) is 7.05 Å². The Kier molecular flexibility index (Phi) is 5.81. The molecule has 1 amide bonds. The highest BCUT2D eigenvalue weighted by Crippen LogP contribution is 2.18. The Morgan fingerprint density at radius 3 is 2.52 bits per heavy atom. The Morgan fingerprint density at radius 1 is 1.19 bits per heavy atom. The molecule has 3 aromatic rings. The van der Waals surface area contributed by atoms with Crippen molar-refractivity contribution in [2.45, 2.75) is 26.4 Å². The summed E-state index contributed by atoms with van der Waals surface area (Å²) in [6, 6.07) is 14.1.